The van der Waals surface area contributed by atoms with Gasteiger partial charge in [0, 0.05) is 24.0 Å². The topological polar surface area (TPSA) is 62.0 Å². The number of amides is 1. The lowest BCUT2D eigenvalue weighted by Gasteiger charge is -2.07. The fourth-order valence-corrected chi connectivity index (χ4v) is 2.74. The van der Waals surface area contributed by atoms with Gasteiger partial charge in [-0.05, 0) is 36.4 Å². The summed E-state index contributed by atoms with van der Waals surface area (Å²) in [5.74, 6) is -0.0518. The van der Waals surface area contributed by atoms with Gasteiger partial charge >= 0.3 is 0 Å². The summed E-state index contributed by atoms with van der Waals surface area (Å²) in [4.78, 5) is 27.0. The molecule has 4 heteroatoms. The molecule has 1 heterocycles. The highest BCUT2D eigenvalue weighted by Crippen LogP contribution is 2.11. The van der Waals surface area contributed by atoms with Crippen molar-refractivity contribution in [2.75, 3.05) is 0 Å². The number of benzene rings is 2. The lowest BCUT2D eigenvalue weighted by Crippen LogP contribution is -2.24. The molecule has 4 nitrogen and oxygen atoms in total. The summed E-state index contributed by atoms with van der Waals surface area (Å²) in [6, 6.07) is 17.5. The van der Waals surface area contributed by atoms with Gasteiger partial charge in [-0.15, -0.1) is 0 Å². The van der Waals surface area contributed by atoms with Crippen molar-refractivity contribution in [1.29, 1.82) is 0 Å². The normalized spacial score (nSPS) is 10.7. The van der Waals surface area contributed by atoms with Crippen LogP contribution in [0.3, 0.4) is 0 Å². The van der Waals surface area contributed by atoms with E-state index in [1.807, 2.05) is 61.5 Å². The first-order valence-corrected chi connectivity index (χ1v) is 8.05. The molecular weight excluding hydrogens is 300 g/mol. The zero-order valence-corrected chi connectivity index (χ0v) is 13.6. The molecule has 2 aromatic carbocycles. The van der Waals surface area contributed by atoms with E-state index < -0.39 is 0 Å². The summed E-state index contributed by atoms with van der Waals surface area (Å²) in [5, 5.41) is 3.88. The number of hydrogen-bond acceptors (Lipinski definition) is 2. The van der Waals surface area contributed by atoms with Crippen molar-refractivity contribution in [3.05, 3.63) is 81.6 Å². The Morgan fingerprint density at radius 3 is 2.75 bits per heavy atom. The number of carbonyl (C=O) groups is 1. The molecule has 0 saturated heterocycles. The van der Waals surface area contributed by atoms with Gasteiger partial charge in [0.25, 0.3) is 5.56 Å². The summed E-state index contributed by atoms with van der Waals surface area (Å²) >= 11 is 0. The van der Waals surface area contributed by atoms with Crippen LogP contribution in [0, 0.1) is 6.92 Å². The Balaban J connectivity index is 1.60. The fraction of sp³-hybridized carbons (Fsp3) is 0.200. The minimum absolute atomic E-state index is 0.0518. The third kappa shape index (κ3) is 3.90. The highest BCUT2D eigenvalue weighted by atomic mass is 16.1. The van der Waals surface area contributed by atoms with E-state index in [4.69, 9.17) is 0 Å². The van der Waals surface area contributed by atoms with Gasteiger partial charge in [-0.1, -0.05) is 48.0 Å². The smallest absolute Gasteiger partial charge is 0.251 e. The molecule has 0 unspecified atom stereocenters. The Hall–Kier alpha value is -2.88. The molecule has 2 N–H and O–H groups in total. The molecule has 0 aliphatic rings. The molecule has 0 bridgehead atoms. The monoisotopic (exact) mass is 320 g/mol. The van der Waals surface area contributed by atoms with E-state index in [9.17, 15) is 9.59 Å². The molecular formula is C20H20N2O2. The maximum atomic E-state index is 12.1. The number of hydrogen-bond donors (Lipinski definition) is 2. The quantitative estimate of drug-likeness (QED) is 0.759. The molecule has 24 heavy (non-hydrogen) atoms. The minimum Gasteiger partial charge on any atom is -0.352 e. The Morgan fingerprint density at radius 1 is 1.08 bits per heavy atom. The first-order chi connectivity index (χ1) is 11.6. The van der Waals surface area contributed by atoms with Crippen LogP contribution in [-0.2, 0) is 17.8 Å². The van der Waals surface area contributed by atoms with Crippen LogP contribution >= 0.6 is 0 Å². The molecule has 3 rings (SSSR count). The Kier molecular flexibility index (Phi) is 4.75. The molecule has 0 fully saturated rings. The third-order valence-electron chi connectivity index (χ3n) is 4.02. The second kappa shape index (κ2) is 7.13. The van der Waals surface area contributed by atoms with E-state index in [1.54, 1.807) is 0 Å². The van der Waals surface area contributed by atoms with Gasteiger partial charge in [0.15, 0.2) is 0 Å². The Labute approximate surface area is 140 Å². The number of nitrogens with one attached hydrogen (secondary N) is 2. The first kappa shape index (κ1) is 16.0. The number of para-hydroxylation sites is 1. The summed E-state index contributed by atoms with van der Waals surface area (Å²) in [6.07, 6.45) is 0.729. The zero-order valence-electron chi connectivity index (χ0n) is 13.6. The fourth-order valence-electron chi connectivity index (χ4n) is 2.74. The number of aromatic nitrogens is 1. The Bertz CT molecular complexity index is 928. The number of H-pyrrole nitrogens is 1. The zero-order chi connectivity index (χ0) is 16.9. The van der Waals surface area contributed by atoms with Crippen LogP contribution in [0.1, 0.15) is 23.1 Å². The summed E-state index contributed by atoms with van der Waals surface area (Å²) in [6.45, 7) is 2.53. The van der Waals surface area contributed by atoms with Crippen molar-refractivity contribution >= 4 is 16.8 Å². The number of aromatic amines is 1. The maximum absolute atomic E-state index is 12.1. The maximum Gasteiger partial charge on any atom is 0.251 e. The van der Waals surface area contributed by atoms with Crippen molar-refractivity contribution in [3.8, 4) is 0 Å². The number of pyridine rings is 1. The van der Waals surface area contributed by atoms with Gasteiger partial charge in [0.2, 0.25) is 5.91 Å². The predicted molar refractivity (Wildman–Crippen MR) is 95.9 cm³/mol. The van der Waals surface area contributed by atoms with Gasteiger partial charge in [-0.2, -0.15) is 0 Å². The van der Waals surface area contributed by atoms with Crippen molar-refractivity contribution in [2.24, 2.45) is 0 Å². The van der Waals surface area contributed by atoms with Crippen LogP contribution in [-0.4, -0.2) is 10.9 Å². The van der Waals surface area contributed by atoms with Crippen molar-refractivity contribution in [2.45, 2.75) is 26.3 Å². The highest BCUT2D eigenvalue weighted by Gasteiger charge is 2.07. The highest BCUT2D eigenvalue weighted by molar-refractivity contribution is 5.79. The largest absolute Gasteiger partial charge is 0.352 e. The van der Waals surface area contributed by atoms with Crippen LogP contribution < -0.4 is 10.9 Å². The van der Waals surface area contributed by atoms with Gasteiger partial charge in [0.1, 0.15) is 0 Å². The molecule has 0 radical (unpaired) electrons. The van der Waals surface area contributed by atoms with E-state index in [0.29, 0.717) is 24.9 Å². The van der Waals surface area contributed by atoms with E-state index in [-0.39, 0.29) is 11.5 Å². The van der Waals surface area contributed by atoms with Crippen molar-refractivity contribution in [3.63, 3.8) is 0 Å². The lowest BCUT2D eigenvalue weighted by atomic mass is 10.1. The van der Waals surface area contributed by atoms with Crippen LogP contribution in [0.15, 0.2) is 59.4 Å². The second-order valence-electron chi connectivity index (χ2n) is 5.98. The molecule has 0 aliphatic carbocycles. The van der Waals surface area contributed by atoms with Crippen LogP contribution in [0.5, 0.6) is 0 Å². The standard InChI is InChI=1S/C20H20N2O2/c1-14-5-4-6-15(11-14)13-21-19(23)10-9-17-12-16-7-2-3-8-18(16)22-20(17)24/h2-8,11-12H,9-10,13H2,1H3,(H,21,23)(H,22,24). The summed E-state index contributed by atoms with van der Waals surface area (Å²) < 4.78 is 0. The van der Waals surface area contributed by atoms with Crippen LogP contribution in [0.25, 0.3) is 10.9 Å². The van der Waals surface area contributed by atoms with Crippen LogP contribution in [0.4, 0.5) is 0 Å². The third-order valence-corrected chi connectivity index (χ3v) is 4.02. The van der Waals surface area contributed by atoms with E-state index >= 15 is 0 Å². The predicted octanol–water partition coefficient (Wildman–Crippen LogP) is 3.09. The molecule has 1 amide bonds. The minimum atomic E-state index is -0.125. The Morgan fingerprint density at radius 2 is 1.92 bits per heavy atom. The average Bonchev–Trinajstić information content (AvgIpc) is 2.58. The second-order valence-corrected chi connectivity index (χ2v) is 5.98. The molecule has 0 spiro atoms. The van der Waals surface area contributed by atoms with Gasteiger partial charge in [0.05, 0.1) is 0 Å². The average molecular weight is 320 g/mol. The molecule has 1 aromatic heterocycles. The first-order valence-electron chi connectivity index (χ1n) is 8.05. The lowest BCUT2D eigenvalue weighted by molar-refractivity contribution is -0.121. The number of aryl methyl sites for hydroxylation is 2. The molecule has 0 atom stereocenters. The van der Waals surface area contributed by atoms with E-state index in [1.165, 1.54) is 5.56 Å². The van der Waals surface area contributed by atoms with Gasteiger partial charge < -0.3 is 10.3 Å². The number of rotatable bonds is 5. The number of fused-ring (bicyclic) bond motifs is 1. The SMILES string of the molecule is Cc1cccc(CNC(=O)CCc2cc3ccccc3[nH]c2=O)c1. The number of carbonyl (C=O) groups excluding carboxylic acids is 1. The molecule has 3 aromatic rings. The summed E-state index contributed by atoms with van der Waals surface area (Å²) in [5.41, 5.74) is 3.58. The molecule has 0 aliphatic heterocycles. The van der Waals surface area contributed by atoms with E-state index in [2.05, 4.69) is 10.3 Å². The van der Waals surface area contributed by atoms with Gasteiger partial charge in [-0.25, -0.2) is 0 Å². The van der Waals surface area contributed by atoms with Crippen molar-refractivity contribution in [1.82, 2.24) is 10.3 Å². The van der Waals surface area contributed by atoms with E-state index in [0.717, 1.165) is 16.5 Å². The van der Waals surface area contributed by atoms with Crippen molar-refractivity contribution < 1.29 is 4.79 Å². The summed E-state index contributed by atoms with van der Waals surface area (Å²) in [7, 11) is 0. The molecule has 0 saturated carbocycles. The molecule has 122 valence electrons. The van der Waals surface area contributed by atoms with Crippen LogP contribution in [0.2, 0.25) is 0 Å². The van der Waals surface area contributed by atoms with Gasteiger partial charge in [-0.3, -0.25) is 9.59 Å².